The van der Waals surface area contributed by atoms with E-state index in [0.29, 0.717) is 6.04 Å². The van der Waals surface area contributed by atoms with Crippen molar-refractivity contribution < 1.29 is 0 Å². The Bertz CT molecular complexity index is 642. The molecule has 1 aliphatic rings. The second-order valence-corrected chi connectivity index (χ2v) is 7.28. The van der Waals surface area contributed by atoms with Gasteiger partial charge in [-0.2, -0.15) is 0 Å². The average molecular weight is 359 g/mol. The van der Waals surface area contributed by atoms with Gasteiger partial charge in [-0.25, -0.2) is 9.97 Å². The van der Waals surface area contributed by atoms with Crippen LogP contribution in [0.1, 0.15) is 43.1 Å². The Hall–Kier alpha value is -1.49. The maximum Gasteiger partial charge on any atom is 0.128 e. The van der Waals surface area contributed by atoms with Crippen molar-refractivity contribution in [3.63, 3.8) is 0 Å². The van der Waals surface area contributed by atoms with Crippen LogP contribution in [-0.2, 0) is 19.5 Å². The minimum absolute atomic E-state index is 0.524. The third-order valence-electron chi connectivity index (χ3n) is 4.65. The Balaban J connectivity index is 1.47. The quantitative estimate of drug-likeness (QED) is 0.816. The molecule has 2 heterocycles. The molecule has 1 fully saturated rings. The van der Waals surface area contributed by atoms with Crippen LogP contribution in [0, 0.1) is 0 Å². The van der Waals surface area contributed by atoms with Gasteiger partial charge in [0.05, 0.1) is 0 Å². The van der Waals surface area contributed by atoms with Crippen molar-refractivity contribution in [1.29, 1.82) is 0 Å². The number of hydrogen-bond acceptors (Lipinski definition) is 4. The van der Waals surface area contributed by atoms with Crippen LogP contribution in [0.25, 0.3) is 0 Å². The van der Waals surface area contributed by atoms with E-state index in [1.807, 2.05) is 24.5 Å². The number of likely N-dealkylation sites (tertiary alicyclic amines) is 1. The van der Waals surface area contributed by atoms with Gasteiger partial charge in [0, 0.05) is 55.1 Å². The molecule has 1 aromatic heterocycles. The number of nitrogens with zero attached hydrogens (tertiary/aromatic N) is 3. The minimum atomic E-state index is 0.524. The summed E-state index contributed by atoms with van der Waals surface area (Å²) < 4.78 is 0. The Morgan fingerprint density at radius 2 is 1.92 bits per heavy atom. The van der Waals surface area contributed by atoms with Crippen LogP contribution >= 0.6 is 11.6 Å². The van der Waals surface area contributed by atoms with Crippen LogP contribution in [0.3, 0.4) is 0 Å². The Labute approximate surface area is 155 Å². The molecule has 3 rings (SSSR count). The van der Waals surface area contributed by atoms with Gasteiger partial charge in [-0.1, -0.05) is 30.7 Å². The number of halogens is 1. The molecule has 0 bridgehead atoms. The summed E-state index contributed by atoms with van der Waals surface area (Å²) in [5.74, 6) is 0.943. The Kier molecular flexibility index (Phi) is 6.79. The molecule has 5 heteroatoms. The van der Waals surface area contributed by atoms with E-state index in [4.69, 9.17) is 11.6 Å². The number of aromatic nitrogens is 2. The first-order chi connectivity index (χ1) is 12.2. The molecule has 4 nitrogen and oxygen atoms in total. The standard InChI is InChI=1S/C20H27ClN4/c1-2-4-20-23-12-17(13-24-20)11-22-19-5-3-10-25(15-19)14-16-6-8-18(21)9-7-16/h6-9,12-13,19,22H,2-5,10-11,14-15H2,1H3/t19-/m0/s1. The largest absolute Gasteiger partial charge is 0.309 e. The number of aryl methyl sites for hydroxylation is 1. The molecule has 1 aromatic carbocycles. The van der Waals surface area contributed by atoms with E-state index in [9.17, 15) is 0 Å². The Morgan fingerprint density at radius 1 is 1.16 bits per heavy atom. The van der Waals surface area contributed by atoms with E-state index in [0.717, 1.165) is 55.4 Å². The molecule has 0 amide bonds. The molecule has 25 heavy (non-hydrogen) atoms. The summed E-state index contributed by atoms with van der Waals surface area (Å²) in [4.78, 5) is 11.4. The zero-order valence-corrected chi connectivity index (χ0v) is 15.7. The highest BCUT2D eigenvalue weighted by molar-refractivity contribution is 6.30. The molecule has 1 saturated heterocycles. The van der Waals surface area contributed by atoms with Gasteiger partial charge in [0.15, 0.2) is 0 Å². The van der Waals surface area contributed by atoms with Crippen LogP contribution in [0.2, 0.25) is 5.02 Å². The van der Waals surface area contributed by atoms with Gasteiger partial charge in [0.2, 0.25) is 0 Å². The number of nitrogens with one attached hydrogen (secondary N) is 1. The lowest BCUT2D eigenvalue weighted by Gasteiger charge is -2.33. The lowest BCUT2D eigenvalue weighted by molar-refractivity contribution is 0.182. The van der Waals surface area contributed by atoms with Crippen molar-refractivity contribution in [2.75, 3.05) is 13.1 Å². The minimum Gasteiger partial charge on any atom is -0.309 e. The highest BCUT2D eigenvalue weighted by atomic mass is 35.5. The maximum absolute atomic E-state index is 5.97. The molecule has 0 aliphatic carbocycles. The first-order valence-corrected chi connectivity index (χ1v) is 9.60. The molecule has 1 aliphatic heterocycles. The third kappa shape index (κ3) is 5.77. The molecular formula is C20H27ClN4. The molecular weight excluding hydrogens is 332 g/mol. The highest BCUT2D eigenvalue weighted by Gasteiger charge is 2.19. The summed E-state index contributed by atoms with van der Waals surface area (Å²) in [6, 6.07) is 8.71. The monoisotopic (exact) mass is 358 g/mol. The first kappa shape index (κ1) is 18.3. The molecule has 0 unspecified atom stereocenters. The number of rotatable bonds is 7. The van der Waals surface area contributed by atoms with Gasteiger partial charge in [-0.3, -0.25) is 4.90 Å². The fourth-order valence-electron chi connectivity index (χ4n) is 3.30. The van der Waals surface area contributed by atoms with Crippen LogP contribution in [-0.4, -0.2) is 34.0 Å². The van der Waals surface area contributed by atoms with Crippen molar-refractivity contribution in [3.8, 4) is 0 Å². The Morgan fingerprint density at radius 3 is 2.64 bits per heavy atom. The zero-order valence-electron chi connectivity index (χ0n) is 14.9. The normalized spacial score (nSPS) is 18.4. The summed E-state index contributed by atoms with van der Waals surface area (Å²) in [6.07, 6.45) is 8.42. The van der Waals surface area contributed by atoms with Gasteiger partial charge in [-0.05, 0) is 43.5 Å². The molecule has 1 N–H and O–H groups in total. The van der Waals surface area contributed by atoms with E-state index >= 15 is 0 Å². The fraction of sp³-hybridized carbons (Fsp3) is 0.500. The smallest absolute Gasteiger partial charge is 0.128 e. The summed E-state index contributed by atoms with van der Waals surface area (Å²) >= 11 is 5.97. The van der Waals surface area contributed by atoms with Crippen LogP contribution < -0.4 is 5.32 Å². The molecule has 0 radical (unpaired) electrons. The summed E-state index contributed by atoms with van der Waals surface area (Å²) in [6.45, 7) is 6.22. The SMILES string of the molecule is CCCc1ncc(CN[C@H]2CCCN(Cc3ccc(Cl)cc3)C2)cn1. The predicted octanol–water partition coefficient (Wildman–Crippen LogP) is 3.84. The fourth-order valence-corrected chi connectivity index (χ4v) is 3.43. The topological polar surface area (TPSA) is 41.1 Å². The van der Waals surface area contributed by atoms with Gasteiger partial charge >= 0.3 is 0 Å². The zero-order chi connectivity index (χ0) is 17.5. The van der Waals surface area contributed by atoms with Crippen LogP contribution in [0.4, 0.5) is 0 Å². The van der Waals surface area contributed by atoms with Gasteiger partial charge < -0.3 is 5.32 Å². The third-order valence-corrected chi connectivity index (χ3v) is 4.90. The van der Waals surface area contributed by atoms with Crippen molar-refractivity contribution in [1.82, 2.24) is 20.2 Å². The van der Waals surface area contributed by atoms with E-state index in [-0.39, 0.29) is 0 Å². The van der Waals surface area contributed by atoms with Crippen LogP contribution in [0.15, 0.2) is 36.7 Å². The molecule has 1 atom stereocenters. The maximum atomic E-state index is 5.97. The predicted molar refractivity (Wildman–Crippen MR) is 103 cm³/mol. The molecule has 0 saturated carbocycles. The lowest BCUT2D eigenvalue weighted by Crippen LogP contribution is -2.45. The van der Waals surface area contributed by atoms with Gasteiger partial charge in [-0.15, -0.1) is 0 Å². The van der Waals surface area contributed by atoms with Crippen molar-refractivity contribution >= 4 is 11.6 Å². The molecule has 0 spiro atoms. The summed E-state index contributed by atoms with van der Waals surface area (Å²) in [5.41, 5.74) is 2.49. The highest BCUT2D eigenvalue weighted by Crippen LogP contribution is 2.16. The number of piperidine rings is 1. The van der Waals surface area contributed by atoms with Crippen molar-refractivity contribution in [2.45, 2.75) is 51.7 Å². The second-order valence-electron chi connectivity index (χ2n) is 6.84. The van der Waals surface area contributed by atoms with Crippen LogP contribution in [0.5, 0.6) is 0 Å². The molecule has 134 valence electrons. The summed E-state index contributed by atoms with van der Waals surface area (Å²) in [7, 11) is 0. The lowest BCUT2D eigenvalue weighted by atomic mass is 10.0. The van der Waals surface area contributed by atoms with Gasteiger partial charge in [0.1, 0.15) is 5.82 Å². The number of benzene rings is 1. The molecule has 2 aromatic rings. The van der Waals surface area contributed by atoms with E-state index in [1.54, 1.807) is 0 Å². The van der Waals surface area contributed by atoms with E-state index < -0.39 is 0 Å². The second kappa shape index (κ2) is 9.27. The van der Waals surface area contributed by atoms with Crippen molar-refractivity contribution in [3.05, 3.63) is 58.6 Å². The van der Waals surface area contributed by atoms with Gasteiger partial charge in [0.25, 0.3) is 0 Å². The average Bonchev–Trinajstić information content (AvgIpc) is 2.64. The van der Waals surface area contributed by atoms with E-state index in [2.05, 4.69) is 39.2 Å². The number of hydrogen-bond donors (Lipinski definition) is 1. The van der Waals surface area contributed by atoms with Crippen molar-refractivity contribution in [2.24, 2.45) is 0 Å². The van der Waals surface area contributed by atoms with E-state index in [1.165, 1.54) is 18.4 Å². The summed E-state index contributed by atoms with van der Waals surface area (Å²) in [5, 5.41) is 4.47. The first-order valence-electron chi connectivity index (χ1n) is 9.23.